The fraction of sp³-hybridized carbons (Fsp3) is 0.500. The average Bonchev–Trinajstić information content (AvgIpc) is 2.84. The van der Waals surface area contributed by atoms with Crippen molar-refractivity contribution >= 4 is 33.3 Å². The molecule has 1 N–H and O–H groups in total. The molecular weight excluding hydrogens is 386 g/mol. The molecular formula is C16H20ClNO7S. The Balaban J connectivity index is 1.98. The van der Waals surface area contributed by atoms with Gasteiger partial charge in [0.05, 0.1) is 41.9 Å². The molecule has 1 saturated heterocycles. The third kappa shape index (κ3) is 4.79. The van der Waals surface area contributed by atoms with Gasteiger partial charge < -0.3 is 19.5 Å². The number of halogens is 1. The van der Waals surface area contributed by atoms with E-state index in [-0.39, 0.29) is 33.6 Å². The maximum Gasteiger partial charge on any atom is 0.338 e. The first-order valence-corrected chi connectivity index (χ1v) is 9.89. The molecule has 1 aromatic rings. The van der Waals surface area contributed by atoms with Crippen LogP contribution in [-0.2, 0) is 19.4 Å². The molecule has 1 aliphatic rings. The maximum atomic E-state index is 12.1. The van der Waals surface area contributed by atoms with Crippen LogP contribution in [0.3, 0.4) is 0 Å². The quantitative estimate of drug-likeness (QED) is 0.708. The van der Waals surface area contributed by atoms with Gasteiger partial charge in [0, 0.05) is 0 Å². The van der Waals surface area contributed by atoms with Gasteiger partial charge in [-0.3, -0.25) is 4.79 Å². The number of esters is 1. The molecule has 144 valence electrons. The lowest BCUT2D eigenvalue weighted by Crippen LogP contribution is -2.48. The van der Waals surface area contributed by atoms with Gasteiger partial charge in [0.25, 0.3) is 5.91 Å². The summed E-state index contributed by atoms with van der Waals surface area (Å²) >= 11 is 6.03. The van der Waals surface area contributed by atoms with Crippen molar-refractivity contribution in [2.24, 2.45) is 0 Å². The number of sulfone groups is 1. The minimum Gasteiger partial charge on any atom is -0.493 e. The standard InChI is InChI=1S/C16H20ClNO7S/c1-16(4-5-26(21,22)9-16)18-13(19)8-25-15(20)10-6-11(17)14(24-3)12(7-10)23-2/h6-7H,4-5,8-9H2,1-3H3,(H,18,19). The zero-order valence-electron chi connectivity index (χ0n) is 14.6. The molecule has 0 bridgehead atoms. The van der Waals surface area contributed by atoms with Gasteiger partial charge in [-0.2, -0.15) is 0 Å². The van der Waals surface area contributed by atoms with E-state index in [0.717, 1.165) is 0 Å². The Morgan fingerprint density at radius 3 is 2.50 bits per heavy atom. The monoisotopic (exact) mass is 405 g/mol. The van der Waals surface area contributed by atoms with Gasteiger partial charge in [-0.05, 0) is 25.5 Å². The van der Waals surface area contributed by atoms with E-state index < -0.39 is 33.9 Å². The molecule has 26 heavy (non-hydrogen) atoms. The summed E-state index contributed by atoms with van der Waals surface area (Å²) in [6.07, 6.45) is 0.320. The van der Waals surface area contributed by atoms with E-state index in [4.69, 9.17) is 25.8 Å². The summed E-state index contributed by atoms with van der Waals surface area (Å²) in [5.74, 6) is -0.936. The summed E-state index contributed by atoms with van der Waals surface area (Å²) in [5.41, 5.74) is -0.760. The van der Waals surface area contributed by atoms with Crippen molar-refractivity contribution in [3.8, 4) is 11.5 Å². The van der Waals surface area contributed by atoms with Crippen molar-refractivity contribution in [3.63, 3.8) is 0 Å². The molecule has 1 unspecified atom stereocenters. The lowest BCUT2D eigenvalue weighted by molar-refractivity contribution is -0.125. The molecule has 1 atom stereocenters. The predicted octanol–water partition coefficient (Wildman–Crippen LogP) is 1.21. The van der Waals surface area contributed by atoms with Crippen LogP contribution >= 0.6 is 11.6 Å². The summed E-state index contributed by atoms with van der Waals surface area (Å²) < 4.78 is 38.3. The molecule has 1 heterocycles. The molecule has 8 nitrogen and oxygen atoms in total. The molecule has 0 aliphatic carbocycles. The Hall–Kier alpha value is -2.00. The van der Waals surface area contributed by atoms with Gasteiger partial charge >= 0.3 is 5.97 Å². The average molecular weight is 406 g/mol. The topological polar surface area (TPSA) is 108 Å². The largest absolute Gasteiger partial charge is 0.493 e. The Morgan fingerprint density at radius 1 is 1.27 bits per heavy atom. The summed E-state index contributed by atoms with van der Waals surface area (Å²) in [6, 6.07) is 2.73. The minimum absolute atomic E-state index is 0.0215. The second-order valence-electron chi connectivity index (χ2n) is 6.22. The summed E-state index contributed by atoms with van der Waals surface area (Å²) in [6.45, 7) is 1.10. The third-order valence-corrected chi connectivity index (χ3v) is 6.13. The van der Waals surface area contributed by atoms with Crippen molar-refractivity contribution in [2.45, 2.75) is 18.9 Å². The van der Waals surface area contributed by atoms with Crippen molar-refractivity contribution < 1.29 is 32.2 Å². The van der Waals surface area contributed by atoms with E-state index >= 15 is 0 Å². The number of methoxy groups -OCH3 is 2. The van der Waals surface area contributed by atoms with E-state index in [1.54, 1.807) is 6.92 Å². The number of rotatable bonds is 6. The number of nitrogens with one attached hydrogen (secondary N) is 1. The first kappa shape index (κ1) is 20.3. The highest BCUT2D eigenvalue weighted by Crippen LogP contribution is 2.36. The lowest BCUT2D eigenvalue weighted by atomic mass is 10.0. The van der Waals surface area contributed by atoms with Crippen LogP contribution in [0.1, 0.15) is 23.7 Å². The summed E-state index contributed by atoms with van der Waals surface area (Å²) in [5, 5.41) is 2.76. The second kappa shape index (κ2) is 7.71. The number of amides is 1. The number of benzene rings is 1. The molecule has 2 rings (SSSR count). The van der Waals surface area contributed by atoms with Crippen LogP contribution in [0.25, 0.3) is 0 Å². The van der Waals surface area contributed by atoms with Crippen LogP contribution in [0.4, 0.5) is 0 Å². The molecule has 0 spiro atoms. The molecule has 10 heteroatoms. The molecule has 1 amide bonds. The number of ether oxygens (including phenoxy) is 3. The van der Waals surface area contributed by atoms with Crippen LogP contribution in [-0.4, -0.2) is 58.2 Å². The number of hydrogen-bond donors (Lipinski definition) is 1. The molecule has 0 radical (unpaired) electrons. The van der Waals surface area contributed by atoms with Crippen LogP contribution in [0, 0.1) is 0 Å². The molecule has 1 aromatic carbocycles. The van der Waals surface area contributed by atoms with Gasteiger partial charge in [0.15, 0.2) is 27.9 Å². The fourth-order valence-corrected chi connectivity index (χ4v) is 5.11. The van der Waals surface area contributed by atoms with Gasteiger partial charge in [-0.25, -0.2) is 13.2 Å². The maximum absolute atomic E-state index is 12.1. The summed E-state index contributed by atoms with van der Waals surface area (Å²) in [4.78, 5) is 24.1. The second-order valence-corrected chi connectivity index (χ2v) is 8.81. The van der Waals surface area contributed by atoms with Crippen molar-refractivity contribution in [1.29, 1.82) is 0 Å². The number of carbonyl (C=O) groups is 2. The van der Waals surface area contributed by atoms with Crippen molar-refractivity contribution in [3.05, 3.63) is 22.7 Å². The van der Waals surface area contributed by atoms with E-state index in [0.29, 0.717) is 6.42 Å². The lowest BCUT2D eigenvalue weighted by Gasteiger charge is -2.23. The zero-order chi connectivity index (χ0) is 19.5. The first-order valence-electron chi connectivity index (χ1n) is 7.69. The zero-order valence-corrected chi connectivity index (χ0v) is 16.2. The Bertz CT molecular complexity index is 824. The van der Waals surface area contributed by atoms with Crippen molar-refractivity contribution in [1.82, 2.24) is 5.32 Å². The van der Waals surface area contributed by atoms with Gasteiger partial charge in [0.2, 0.25) is 0 Å². The van der Waals surface area contributed by atoms with Gasteiger partial charge in [0.1, 0.15) is 0 Å². The first-order chi connectivity index (χ1) is 12.1. The highest BCUT2D eigenvalue weighted by Gasteiger charge is 2.39. The Morgan fingerprint density at radius 2 is 1.96 bits per heavy atom. The number of carbonyl (C=O) groups excluding carboxylic acids is 2. The Labute approximate surface area is 156 Å². The van der Waals surface area contributed by atoms with Gasteiger partial charge in [-0.1, -0.05) is 11.6 Å². The highest BCUT2D eigenvalue weighted by atomic mass is 35.5. The summed E-state index contributed by atoms with van der Waals surface area (Å²) in [7, 11) is -0.347. The smallest absolute Gasteiger partial charge is 0.338 e. The molecule has 0 saturated carbocycles. The van der Waals surface area contributed by atoms with E-state index in [1.165, 1.54) is 26.4 Å². The van der Waals surface area contributed by atoms with Crippen LogP contribution in [0.5, 0.6) is 11.5 Å². The normalized spacial score (nSPS) is 21.1. The minimum atomic E-state index is -3.16. The molecule has 0 aromatic heterocycles. The van der Waals surface area contributed by atoms with E-state index in [2.05, 4.69) is 5.32 Å². The molecule has 1 fully saturated rings. The van der Waals surface area contributed by atoms with E-state index in [1.807, 2.05) is 0 Å². The fourth-order valence-electron chi connectivity index (χ4n) is 2.73. The third-order valence-electron chi connectivity index (χ3n) is 3.95. The van der Waals surface area contributed by atoms with Crippen molar-refractivity contribution in [2.75, 3.05) is 32.3 Å². The van der Waals surface area contributed by atoms with E-state index in [9.17, 15) is 18.0 Å². The Kier molecular flexibility index (Phi) is 6.02. The van der Waals surface area contributed by atoms with Crippen LogP contribution < -0.4 is 14.8 Å². The number of hydrogen-bond acceptors (Lipinski definition) is 7. The highest BCUT2D eigenvalue weighted by molar-refractivity contribution is 7.91. The predicted molar refractivity (Wildman–Crippen MR) is 94.7 cm³/mol. The van der Waals surface area contributed by atoms with Gasteiger partial charge in [-0.15, -0.1) is 0 Å². The SMILES string of the molecule is COc1cc(C(=O)OCC(=O)NC2(C)CCS(=O)(=O)C2)cc(Cl)c1OC. The molecule has 1 aliphatic heterocycles. The van der Waals surface area contributed by atoms with Crippen LogP contribution in [0.2, 0.25) is 5.02 Å². The van der Waals surface area contributed by atoms with Crippen LogP contribution in [0.15, 0.2) is 12.1 Å².